The van der Waals surface area contributed by atoms with Crippen molar-refractivity contribution in [2.24, 2.45) is 0 Å². The molecular weight excluding hydrogens is 841 g/mol. The van der Waals surface area contributed by atoms with Crippen LogP contribution in [0, 0.1) is 0 Å². The van der Waals surface area contributed by atoms with Crippen LogP contribution in [0.25, 0.3) is 0 Å². The van der Waals surface area contributed by atoms with Crippen LogP contribution in [0.5, 0.6) is 0 Å². The summed E-state index contributed by atoms with van der Waals surface area (Å²) in [6.07, 6.45) is 67.4. The molecule has 0 heterocycles. The third-order valence-electron chi connectivity index (χ3n) is 13.7. The van der Waals surface area contributed by atoms with Gasteiger partial charge in [0.25, 0.3) is 0 Å². The van der Waals surface area contributed by atoms with E-state index in [4.69, 9.17) is 14.2 Å². The summed E-state index contributed by atoms with van der Waals surface area (Å²) in [5.74, 6) is -0.863. The first-order valence-electron chi connectivity index (χ1n) is 30.4. The van der Waals surface area contributed by atoms with Gasteiger partial charge in [-0.05, 0) is 44.9 Å². The molecule has 1 unspecified atom stereocenters. The number of ether oxygens (including phenoxy) is 3. The Morgan fingerprint density at radius 3 is 0.779 bits per heavy atom. The molecule has 6 heteroatoms. The molecule has 0 amide bonds. The summed E-state index contributed by atoms with van der Waals surface area (Å²) >= 11 is 0. The van der Waals surface area contributed by atoms with Gasteiger partial charge in [0.15, 0.2) is 6.10 Å². The number of carbonyl (C=O) groups excluding carboxylic acids is 3. The minimum Gasteiger partial charge on any atom is -0.462 e. The van der Waals surface area contributed by atoms with E-state index in [0.29, 0.717) is 19.3 Å². The smallest absolute Gasteiger partial charge is 0.306 e. The van der Waals surface area contributed by atoms with Crippen molar-refractivity contribution >= 4 is 17.9 Å². The van der Waals surface area contributed by atoms with Crippen molar-refractivity contribution < 1.29 is 28.6 Å². The zero-order chi connectivity index (χ0) is 49.3. The molecule has 0 rings (SSSR count). The van der Waals surface area contributed by atoms with E-state index < -0.39 is 6.10 Å². The van der Waals surface area contributed by atoms with Crippen molar-refractivity contribution in [3.8, 4) is 0 Å². The molecule has 0 aromatic rings. The standard InChI is InChI=1S/C62H116O6/c1-4-7-10-13-16-19-22-25-27-29-31-33-34-37-40-43-46-49-52-55-61(64)67-58-59(57-66-60(63)54-51-48-45-42-39-36-24-21-18-15-12-9-6-3)68-62(65)56-53-50-47-44-41-38-35-32-30-28-26-23-20-17-14-11-8-5-2/h28,30,32,35,59H,4-27,29,31,33-34,36-58H2,1-3H3/b30-28-,35-32-. The highest BCUT2D eigenvalue weighted by molar-refractivity contribution is 5.71. The lowest BCUT2D eigenvalue weighted by Gasteiger charge is -2.18. The molecular formula is C62H116O6. The van der Waals surface area contributed by atoms with E-state index in [1.165, 1.54) is 218 Å². The first-order valence-corrected chi connectivity index (χ1v) is 30.4. The van der Waals surface area contributed by atoms with Crippen molar-refractivity contribution in [2.75, 3.05) is 13.2 Å². The highest BCUT2D eigenvalue weighted by Gasteiger charge is 2.19. The Morgan fingerprint density at radius 2 is 0.515 bits per heavy atom. The van der Waals surface area contributed by atoms with Gasteiger partial charge in [-0.3, -0.25) is 14.4 Å². The fraction of sp³-hybridized carbons (Fsp3) is 0.887. The summed E-state index contributed by atoms with van der Waals surface area (Å²) in [6, 6.07) is 0. The van der Waals surface area contributed by atoms with Crippen LogP contribution in [0.4, 0.5) is 0 Å². The third-order valence-corrected chi connectivity index (χ3v) is 13.7. The third kappa shape index (κ3) is 54.8. The summed E-state index contributed by atoms with van der Waals surface area (Å²) in [5.41, 5.74) is 0. The zero-order valence-corrected chi connectivity index (χ0v) is 45.9. The van der Waals surface area contributed by atoms with Gasteiger partial charge in [0, 0.05) is 19.3 Å². The number of rotatable bonds is 56. The van der Waals surface area contributed by atoms with Crippen LogP contribution in [0.2, 0.25) is 0 Å². The van der Waals surface area contributed by atoms with E-state index in [9.17, 15) is 14.4 Å². The molecule has 0 saturated carbocycles. The molecule has 6 nitrogen and oxygen atoms in total. The van der Waals surface area contributed by atoms with Crippen LogP contribution in [-0.2, 0) is 28.6 Å². The molecule has 0 aliphatic heterocycles. The highest BCUT2D eigenvalue weighted by Crippen LogP contribution is 2.17. The van der Waals surface area contributed by atoms with Gasteiger partial charge in [0.1, 0.15) is 13.2 Å². The molecule has 0 fully saturated rings. The van der Waals surface area contributed by atoms with Gasteiger partial charge < -0.3 is 14.2 Å². The van der Waals surface area contributed by atoms with Crippen LogP contribution < -0.4 is 0 Å². The fourth-order valence-electron chi connectivity index (χ4n) is 9.14. The first-order chi connectivity index (χ1) is 33.5. The Kier molecular flexibility index (Phi) is 55.7. The molecule has 0 bridgehead atoms. The van der Waals surface area contributed by atoms with Crippen LogP contribution >= 0.6 is 0 Å². The number of esters is 3. The SMILES string of the molecule is CCCCCCCCC/C=C\C=C/CCCCCCCC(=O)OC(COC(=O)CCCCCCCCCCCCCCC)COC(=O)CCCCCCCCCCCCCCCCCCCCC. The molecule has 0 spiro atoms. The molecule has 0 aromatic carbocycles. The van der Waals surface area contributed by atoms with Crippen LogP contribution in [0.1, 0.15) is 335 Å². The molecule has 0 aliphatic rings. The maximum atomic E-state index is 12.9. The molecule has 0 aromatic heterocycles. The van der Waals surface area contributed by atoms with E-state index in [1.54, 1.807) is 0 Å². The van der Waals surface area contributed by atoms with Crippen molar-refractivity contribution in [3.05, 3.63) is 24.3 Å². The van der Waals surface area contributed by atoms with E-state index >= 15 is 0 Å². The largest absolute Gasteiger partial charge is 0.462 e. The van der Waals surface area contributed by atoms with Gasteiger partial charge in [0.05, 0.1) is 0 Å². The Labute approximate surface area is 423 Å². The van der Waals surface area contributed by atoms with E-state index in [2.05, 4.69) is 45.1 Å². The van der Waals surface area contributed by atoms with E-state index in [-0.39, 0.29) is 31.1 Å². The Hall–Kier alpha value is -2.11. The molecule has 68 heavy (non-hydrogen) atoms. The summed E-state index contributed by atoms with van der Waals surface area (Å²) in [4.78, 5) is 38.2. The molecule has 1 atom stereocenters. The number of hydrogen-bond donors (Lipinski definition) is 0. The molecule has 400 valence electrons. The monoisotopic (exact) mass is 957 g/mol. The highest BCUT2D eigenvalue weighted by atomic mass is 16.6. The minimum atomic E-state index is -0.775. The summed E-state index contributed by atoms with van der Waals surface area (Å²) in [6.45, 7) is 6.68. The average Bonchev–Trinajstić information content (AvgIpc) is 3.34. The van der Waals surface area contributed by atoms with Crippen LogP contribution in [0.3, 0.4) is 0 Å². The maximum Gasteiger partial charge on any atom is 0.306 e. The topological polar surface area (TPSA) is 78.9 Å². The fourth-order valence-corrected chi connectivity index (χ4v) is 9.14. The Morgan fingerprint density at radius 1 is 0.294 bits per heavy atom. The molecule has 0 saturated heterocycles. The van der Waals surface area contributed by atoms with Crippen LogP contribution in [-0.4, -0.2) is 37.2 Å². The van der Waals surface area contributed by atoms with Crippen molar-refractivity contribution in [3.63, 3.8) is 0 Å². The van der Waals surface area contributed by atoms with Crippen molar-refractivity contribution in [1.29, 1.82) is 0 Å². The predicted octanol–water partition coefficient (Wildman–Crippen LogP) is 20.3. The Bertz CT molecular complexity index is 1100. The number of hydrogen-bond acceptors (Lipinski definition) is 6. The van der Waals surface area contributed by atoms with E-state index in [0.717, 1.165) is 77.0 Å². The van der Waals surface area contributed by atoms with Crippen molar-refractivity contribution in [1.82, 2.24) is 0 Å². The average molecular weight is 958 g/mol. The van der Waals surface area contributed by atoms with Gasteiger partial charge in [-0.25, -0.2) is 0 Å². The summed E-state index contributed by atoms with van der Waals surface area (Å²) in [7, 11) is 0. The second-order valence-corrected chi connectivity index (χ2v) is 20.7. The quantitative estimate of drug-likeness (QED) is 0.0262. The second-order valence-electron chi connectivity index (χ2n) is 20.7. The van der Waals surface area contributed by atoms with E-state index in [1.807, 2.05) is 0 Å². The van der Waals surface area contributed by atoms with Gasteiger partial charge >= 0.3 is 17.9 Å². The van der Waals surface area contributed by atoms with Crippen molar-refractivity contribution in [2.45, 2.75) is 341 Å². The van der Waals surface area contributed by atoms with Gasteiger partial charge in [-0.1, -0.05) is 295 Å². The number of carbonyl (C=O) groups is 3. The van der Waals surface area contributed by atoms with Gasteiger partial charge in [-0.15, -0.1) is 0 Å². The van der Waals surface area contributed by atoms with Gasteiger partial charge in [0.2, 0.25) is 0 Å². The van der Waals surface area contributed by atoms with Crippen LogP contribution in [0.15, 0.2) is 24.3 Å². The molecule has 0 aliphatic carbocycles. The summed E-state index contributed by atoms with van der Waals surface area (Å²) < 4.78 is 16.9. The first kappa shape index (κ1) is 65.9. The Balaban J connectivity index is 4.32. The minimum absolute atomic E-state index is 0.0719. The molecule has 0 N–H and O–H groups in total. The normalized spacial score (nSPS) is 12.1. The summed E-state index contributed by atoms with van der Waals surface area (Å²) in [5, 5.41) is 0. The lowest BCUT2D eigenvalue weighted by molar-refractivity contribution is -0.167. The lowest BCUT2D eigenvalue weighted by atomic mass is 10.0. The predicted molar refractivity (Wildman–Crippen MR) is 293 cm³/mol. The van der Waals surface area contributed by atoms with Gasteiger partial charge in [-0.2, -0.15) is 0 Å². The molecule has 0 radical (unpaired) electrons. The second kappa shape index (κ2) is 57.5. The lowest BCUT2D eigenvalue weighted by Crippen LogP contribution is -2.30. The number of unbranched alkanes of at least 4 members (excludes halogenated alkanes) is 42. The zero-order valence-electron chi connectivity index (χ0n) is 45.9. The maximum absolute atomic E-state index is 12.9. The number of allylic oxidation sites excluding steroid dienone is 4.